The molecule has 0 aliphatic heterocycles. The van der Waals surface area contributed by atoms with Crippen molar-refractivity contribution in [1.29, 1.82) is 0 Å². The molecule has 0 fully saturated rings. The average molecular weight is 221 g/mol. The Hall–Kier alpha value is -1.09. The van der Waals surface area contributed by atoms with Gasteiger partial charge in [0.25, 0.3) is 0 Å². The molecule has 0 unspecified atom stereocenters. The van der Waals surface area contributed by atoms with Crippen LogP contribution in [0, 0.1) is 0 Å². The van der Waals surface area contributed by atoms with Crippen LogP contribution in [0.5, 0.6) is 0 Å². The molecule has 1 aromatic rings. The Kier molecular flexibility index (Phi) is 5.26. The molecule has 0 bridgehead atoms. The van der Waals surface area contributed by atoms with Crippen molar-refractivity contribution in [2.45, 2.75) is 40.3 Å². The fraction of sp³-hybridized carbons (Fsp3) is 0.615. The predicted molar refractivity (Wildman–Crippen MR) is 69.8 cm³/mol. The summed E-state index contributed by atoms with van der Waals surface area (Å²) < 4.78 is 0. The molecule has 0 amide bonds. The second kappa shape index (κ2) is 6.48. The number of hydrogen-bond donors (Lipinski definition) is 1. The van der Waals surface area contributed by atoms with E-state index in [9.17, 15) is 0 Å². The first-order valence-electron chi connectivity index (χ1n) is 6.11. The van der Waals surface area contributed by atoms with Crippen molar-refractivity contribution < 1.29 is 0 Å². The van der Waals surface area contributed by atoms with Gasteiger partial charge in [-0.1, -0.05) is 6.92 Å². The summed E-state index contributed by atoms with van der Waals surface area (Å²) in [6, 6.07) is 4.74. The number of nitrogens with one attached hydrogen (secondary N) is 1. The molecule has 3 heteroatoms. The Balaban J connectivity index is 2.79. The Bertz CT molecular complexity index is 310. The largest absolute Gasteiger partial charge is 0.354 e. The van der Waals surface area contributed by atoms with E-state index in [-0.39, 0.29) is 0 Å². The van der Waals surface area contributed by atoms with Crippen LogP contribution in [-0.4, -0.2) is 24.1 Å². The van der Waals surface area contributed by atoms with Crippen molar-refractivity contribution >= 4 is 5.82 Å². The van der Waals surface area contributed by atoms with Crippen molar-refractivity contribution in [3.63, 3.8) is 0 Å². The fourth-order valence-corrected chi connectivity index (χ4v) is 1.79. The molecule has 0 aromatic carbocycles. The summed E-state index contributed by atoms with van der Waals surface area (Å²) in [5.74, 6) is 1.08. The van der Waals surface area contributed by atoms with Crippen LogP contribution in [0.2, 0.25) is 0 Å². The summed E-state index contributed by atoms with van der Waals surface area (Å²) in [6.45, 7) is 11.6. The number of rotatable bonds is 6. The van der Waals surface area contributed by atoms with E-state index in [0.717, 1.165) is 25.5 Å². The molecule has 0 atom stereocenters. The molecule has 3 nitrogen and oxygen atoms in total. The first-order valence-corrected chi connectivity index (χ1v) is 6.11. The van der Waals surface area contributed by atoms with Crippen LogP contribution in [0.3, 0.4) is 0 Å². The number of nitrogens with zero attached hydrogens (tertiary/aromatic N) is 2. The van der Waals surface area contributed by atoms with Crippen LogP contribution in [0.1, 0.15) is 33.3 Å². The normalized spacial score (nSPS) is 10.8. The van der Waals surface area contributed by atoms with Crippen molar-refractivity contribution in [2.75, 3.05) is 18.0 Å². The summed E-state index contributed by atoms with van der Waals surface area (Å²) in [6.07, 6.45) is 1.90. The summed E-state index contributed by atoms with van der Waals surface area (Å²) in [4.78, 5) is 6.74. The molecule has 0 aliphatic rings. The van der Waals surface area contributed by atoms with Gasteiger partial charge in [0.15, 0.2) is 0 Å². The van der Waals surface area contributed by atoms with Gasteiger partial charge in [0, 0.05) is 25.3 Å². The number of hydrogen-bond acceptors (Lipinski definition) is 3. The minimum absolute atomic E-state index is 0.492. The maximum Gasteiger partial charge on any atom is 0.129 e. The van der Waals surface area contributed by atoms with Crippen molar-refractivity contribution in [3.8, 4) is 0 Å². The van der Waals surface area contributed by atoms with E-state index in [1.807, 2.05) is 6.20 Å². The molecule has 90 valence electrons. The Morgan fingerprint density at radius 2 is 2.12 bits per heavy atom. The van der Waals surface area contributed by atoms with Crippen LogP contribution < -0.4 is 10.2 Å². The third-order valence-electron chi connectivity index (χ3n) is 2.65. The van der Waals surface area contributed by atoms with Gasteiger partial charge in [-0.2, -0.15) is 0 Å². The summed E-state index contributed by atoms with van der Waals surface area (Å²) >= 11 is 0. The van der Waals surface area contributed by atoms with Crippen LogP contribution in [0.25, 0.3) is 0 Å². The van der Waals surface area contributed by atoms with Crippen LogP contribution in [0.15, 0.2) is 18.3 Å². The molecular weight excluding hydrogens is 198 g/mol. The van der Waals surface area contributed by atoms with Gasteiger partial charge < -0.3 is 10.2 Å². The lowest BCUT2D eigenvalue weighted by molar-refractivity contribution is 0.688. The highest BCUT2D eigenvalue weighted by Gasteiger charge is 2.09. The zero-order chi connectivity index (χ0) is 12.0. The van der Waals surface area contributed by atoms with E-state index >= 15 is 0 Å². The highest BCUT2D eigenvalue weighted by molar-refractivity contribution is 5.41. The molecular formula is C13H23N3. The molecule has 0 saturated carbocycles. The number of pyridine rings is 1. The van der Waals surface area contributed by atoms with Crippen LogP contribution >= 0.6 is 0 Å². The van der Waals surface area contributed by atoms with Gasteiger partial charge in [0.2, 0.25) is 0 Å². The molecule has 0 spiro atoms. The third kappa shape index (κ3) is 3.49. The van der Waals surface area contributed by atoms with Crippen molar-refractivity contribution in [1.82, 2.24) is 10.3 Å². The monoisotopic (exact) mass is 221 g/mol. The summed E-state index contributed by atoms with van der Waals surface area (Å²) in [5.41, 5.74) is 1.30. The van der Waals surface area contributed by atoms with E-state index in [1.54, 1.807) is 0 Å². The Labute approximate surface area is 98.9 Å². The van der Waals surface area contributed by atoms with E-state index in [2.05, 4.69) is 55.0 Å². The zero-order valence-corrected chi connectivity index (χ0v) is 10.8. The number of anilines is 1. The molecule has 16 heavy (non-hydrogen) atoms. The second-order valence-electron chi connectivity index (χ2n) is 4.18. The van der Waals surface area contributed by atoms with Crippen molar-refractivity contribution in [2.24, 2.45) is 0 Å². The molecule has 1 heterocycles. The lowest BCUT2D eigenvalue weighted by atomic mass is 10.2. The van der Waals surface area contributed by atoms with Gasteiger partial charge >= 0.3 is 0 Å². The highest BCUT2D eigenvalue weighted by Crippen LogP contribution is 2.15. The summed E-state index contributed by atoms with van der Waals surface area (Å²) in [5, 5.41) is 3.33. The molecule has 1 N–H and O–H groups in total. The molecule has 1 aromatic heterocycles. The van der Waals surface area contributed by atoms with Gasteiger partial charge in [0.1, 0.15) is 5.82 Å². The van der Waals surface area contributed by atoms with Crippen LogP contribution in [0.4, 0.5) is 5.82 Å². The standard InChI is InChI=1S/C13H23N3/c1-5-14-10-12-7-8-15-13(9-12)16(6-2)11(3)4/h7-9,11,14H,5-6,10H2,1-4H3. The second-order valence-corrected chi connectivity index (χ2v) is 4.18. The average Bonchev–Trinajstić information content (AvgIpc) is 2.27. The minimum Gasteiger partial charge on any atom is -0.354 e. The minimum atomic E-state index is 0.492. The lowest BCUT2D eigenvalue weighted by Gasteiger charge is -2.26. The summed E-state index contributed by atoms with van der Waals surface area (Å²) in [7, 11) is 0. The van der Waals surface area contributed by atoms with Gasteiger partial charge in [-0.15, -0.1) is 0 Å². The van der Waals surface area contributed by atoms with E-state index in [0.29, 0.717) is 6.04 Å². The lowest BCUT2D eigenvalue weighted by Crippen LogP contribution is -2.31. The fourth-order valence-electron chi connectivity index (χ4n) is 1.79. The third-order valence-corrected chi connectivity index (χ3v) is 2.65. The highest BCUT2D eigenvalue weighted by atomic mass is 15.2. The molecule has 0 saturated heterocycles. The molecule has 0 radical (unpaired) electrons. The van der Waals surface area contributed by atoms with E-state index in [4.69, 9.17) is 0 Å². The number of aromatic nitrogens is 1. The van der Waals surface area contributed by atoms with Gasteiger partial charge in [-0.3, -0.25) is 0 Å². The molecule has 1 rings (SSSR count). The quantitative estimate of drug-likeness (QED) is 0.799. The zero-order valence-electron chi connectivity index (χ0n) is 10.8. The topological polar surface area (TPSA) is 28.2 Å². The van der Waals surface area contributed by atoms with Gasteiger partial charge in [0.05, 0.1) is 0 Å². The smallest absolute Gasteiger partial charge is 0.129 e. The van der Waals surface area contributed by atoms with Gasteiger partial charge in [-0.25, -0.2) is 4.98 Å². The maximum atomic E-state index is 4.44. The van der Waals surface area contributed by atoms with Crippen LogP contribution in [-0.2, 0) is 6.54 Å². The molecule has 0 aliphatic carbocycles. The Morgan fingerprint density at radius 3 is 2.69 bits per heavy atom. The predicted octanol–water partition coefficient (Wildman–Crippen LogP) is 2.43. The van der Waals surface area contributed by atoms with Crippen molar-refractivity contribution in [3.05, 3.63) is 23.9 Å². The SMILES string of the molecule is CCNCc1ccnc(N(CC)C(C)C)c1. The first-order chi connectivity index (χ1) is 7.69. The Morgan fingerprint density at radius 1 is 1.38 bits per heavy atom. The van der Waals surface area contributed by atoms with E-state index < -0.39 is 0 Å². The van der Waals surface area contributed by atoms with Gasteiger partial charge in [-0.05, 0) is 45.0 Å². The maximum absolute atomic E-state index is 4.44. The first kappa shape index (κ1) is 13.0. The van der Waals surface area contributed by atoms with E-state index in [1.165, 1.54) is 5.56 Å².